The summed E-state index contributed by atoms with van der Waals surface area (Å²) < 4.78 is 12.2. The summed E-state index contributed by atoms with van der Waals surface area (Å²) in [6.45, 7) is 2.13. The highest BCUT2D eigenvalue weighted by Gasteiger charge is 2.02. The second-order valence-corrected chi connectivity index (χ2v) is 4.15. The quantitative estimate of drug-likeness (QED) is 0.829. The minimum absolute atomic E-state index is 0.660. The van der Waals surface area contributed by atoms with Gasteiger partial charge in [-0.1, -0.05) is 18.2 Å². The van der Waals surface area contributed by atoms with Gasteiger partial charge in [-0.05, 0) is 6.07 Å². The standard InChI is InChI=1S/C14H19N3O2/c1-18-8-7-17-11-13(10-16-17)15-9-12-5-3-4-6-14(12)19-2/h3-6,10-11,15H,7-9H2,1-2H3. The Morgan fingerprint density at radius 1 is 1.26 bits per heavy atom. The molecule has 1 N–H and O–H groups in total. The maximum atomic E-state index is 5.31. The molecule has 0 aliphatic carbocycles. The van der Waals surface area contributed by atoms with Crippen LogP contribution in [-0.4, -0.2) is 30.6 Å². The van der Waals surface area contributed by atoms with Crippen molar-refractivity contribution in [3.63, 3.8) is 0 Å². The number of aromatic nitrogens is 2. The third-order valence-corrected chi connectivity index (χ3v) is 2.83. The lowest BCUT2D eigenvalue weighted by Crippen LogP contribution is -2.04. The van der Waals surface area contributed by atoms with E-state index in [9.17, 15) is 0 Å². The lowest BCUT2D eigenvalue weighted by Gasteiger charge is -2.08. The first-order valence-electron chi connectivity index (χ1n) is 6.20. The average Bonchev–Trinajstić information content (AvgIpc) is 2.91. The Hall–Kier alpha value is -2.01. The molecule has 5 nitrogen and oxygen atoms in total. The molecule has 1 aromatic heterocycles. The molecule has 0 atom stereocenters. The molecule has 0 aliphatic rings. The minimum atomic E-state index is 0.660. The van der Waals surface area contributed by atoms with E-state index in [1.165, 1.54) is 0 Å². The summed E-state index contributed by atoms with van der Waals surface area (Å²) in [6, 6.07) is 7.97. The van der Waals surface area contributed by atoms with E-state index in [1.807, 2.05) is 41.3 Å². The molecule has 0 aliphatic heterocycles. The number of nitrogens with zero attached hydrogens (tertiary/aromatic N) is 2. The van der Waals surface area contributed by atoms with Crippen molar-refractivity contribution in [1.29, 1.82) is 0 Å². The van der Waals surface area contributed by atoms with E-state index in [0.29, 0.717) is 13.2 Å². The maximum absolute atomic E-state index is 5.31. The van der Waals surface area contributed by atoms with Gasteiger partial charge < -0.3 is 14.8 Å². The second-order valence-electron chi connectivity index (χ2n) is 4.15. The number of anilines is 1. The first-order chi connectivity index (χ1) is 9.33. The number of nitrogens with one attached hydrogen (secondary N) is 1. The Morgan fingerprint density at radius 3 is 2.89 bits per heavy atom. The third-order valence-electron chi connectivity index (χ3n) is 2.83. The molecular formula is C14H19N3O2. The molecule has 0 amide bonds. The zero-order valence-electron chi connectivity index (χ0n) is 11.3. The summed E-state index contributed by atoms with van der Waals surface area (Å²) in [5.41, 5.74) is 2.11. The van der Waals surface area contributed by atoms with Gasteiger partial charge in [0.15, 0.2) is 0 Å². The molecule has 0 radical (unpaired) electrons. The summed E-state index contributed by atoms with van der Waals surface area (Å²) >= 11 is 0. The monoisotopic (exact) mass is 261 g/mol. The second kappa shape index (κ2) is 6.80. The molecule has 5 heteroatoms. The number of ether oxygens (including phenoxy) is 2. The average molecular weight is 261 g/mol. The van der Waals surface area contributed by atoms with Crippen LogP contribution in [0.1, 0.15) is 5.56 Å². The zero-order valence-corrected chi connectivity index (χ0v) is 11.3. The SMILES string of the molecule is COCCn1cc(NCc2ccccc2OC)cn1. The van der Waals surface area contributed by atoms with Crippen molar-refractivity contribution in [3.05, 3.63) is 42.2 Å². The van der Waals surface area contributed by atoms with E-state index in [2.05, 4.69) is 10.4 Å². The number of para-hydroxylation sites is 1. The lowest BCUT2D eigenvalue weighted by molar-refractivity contribution is 0.183. The summed E-state index contributed by atoms with van der Waals surface area (Å²) in [6.07, 6.45) is 3.78. The molecule has 1 aromatic carbocycles. The van der Waals surface area contributed by atoms with Gasteiger partial charge in [-0.25, -0.2) is 0 Å². The predicted molar refractivity (Wildman–Crippen MR) is 74.4 cm³/mol. The smallest absolute Gasteiger partial charge is 0.123 e. The van der Waals surface area contributed by atoms with E-state index in [0.717, 1.165) is 23.5 Å². The summed E-state index contributed by atoms with van der Waals surface area (Å²) in [7, 11) is 3.37. The van der Waals surface area contributed by atoms with Crippen molar-refractivity contribution >= 4 is 5.69 Å². The highest BCUT2D eigenvalue weighted by Crippen LogP contribution is 2.18. The van der Waals surface area contributed by atoms with Gasteiger partial charge >= 0.3 is 0 Å². The summed E-state index contributed by atoms with van der Waals surface area (Å²) in [5, 5.41) is 7.58. The Kier molecular flexibility index (Phi) is 4.80. The normalized spacial score (nSPS) is 10.4. The van der Waals surface area contributed by atoms with Crippen molar-refractivity contribution in [2.75, 3.05) is 26.1 Å². The predicted octanol–water partition coefficient (Wildman–Crippen LogP) is 2.15. The molecule has 102 valence electrons. The first-order valence-corrected chi connectivity index (χ1v) is 6.20. The van der Waals surface area contributed by atoms with Gasteiger partial charge in [0.05, 0.1) is 32.1 Å². The van der Waals surface area contributed by atoms with Gasteiger partial charge in [0.25, 0.3) is 0 Å². The maximum Gasteiger partial charge on any atom is 0.123 e. The van der Waals surface area contributed by atoms with E-state index < -0.39 is 0 Å². The van der Waals surface area contributed by atoms with Crippen LogP contribution >= 0.6 is 0 Å². The van der Waals surface area contributed by atoms with Gasteiger partial charge in [0.2, 0.25) is 0 Å². The Labute approximate surface area is 113 Å². The highest BCUT2D eigenvalue weighted by molar-refractivity contribution is 5.42. The molecule has 19 heavy (non-hydrogen) atoms. The number of methoxy groups -OCH3 is 2. The molecule has 0 unspecified atom stereocenters. The van der Waals surface area contributed by atoms with Crippen LogP contribution in [-0.2, 0) is 17.8 Å². The fourth-order valence-corrected chi connectivity index (χ4v) is 1.81. The summed E-state index contributed by atoms with van der Waals surface area (Å²) in [4.78, 5) is 0. The van der Waals surface area contributed by atoms with Gasteiger partial charge in [0.1, 0.15) is 5.75 Å². The molecule has 0 saturated carbocycles. The van der Waals surface area contributed by atoms with Gasteiger partial charge in [-0.15, -0.1) is 0 Å². The largest absolute Gasteiger partial charge is 0.496 e. The molecule has 0 bridgehead atoms. The van der Waals surface area contributed by atoms with Gasteiger partial charge in [-0.2, -0.15) is 5.10 Å². The number of hydrogen-bond acceptors (Lipinski definition) is 4. The van der Waals surface area contributed by atoms with Crippen LogP contribution < -0.4 is 10.1 Å². The topological polar surface area (TPSA) is 48.3 Å². The van der Waals surface area contributed by atoms with E-state index >= 15 is 0 Å². The van der Waals surface area contributed by atoms with Crippen LogP contribution in [0.2, 0.25) is 0 Å². The van der Waals surface area contributed by atoms with Crippen molar-refractivity contribution in [2.24, 2.45) is 0 Å². The highest BCUT2D eigenvalue weighted by atomic mass is 16.5. The Bertz CT molecular complexity index is 511. The minimum Gasteiger partial charge on any atom is -0.496 e. The van der Waals surface area contributed by atoms with E-state index in [-0.39, 0.29) is 0 Å². The van der Waals surface area contributed by atoms with Crippen LogP contribution in [0.5, 0.6) is 5.75 Å². The van der Waals surface area contributed by atoms with Crippen LogP contribution in [0.4, 0.5) is 5.69 Å². The molecular weight excluding hydrogens is 242 g/mol. The van der Waals surface area contributed by atoms with Crippen molar-refractivity contribution < 1.29 is 9.47 Å². The number of rotatable bonds is 7. The summed E-state index contributed by atoms with van der Waals surface area (Å²) in [5.74, 6) is 0.891. The zero-order chi connectivity index (χ0) is 13.5. The van der Waals surface area contributed by atoms with Gasteiger partial charge in [0, 0.05) is 25.4 Å². The van der Waals surface area contributed by atoms with Crippen LogP contribution in [0.15, 0.2) is 36.7 Å². The molecule has 0 saturated heterocycles. The fourth-order valence-electron chi connectivity index (χ4n) is 1.81. The van der Waals surface area contributed by atoms with Crippen molar-refractivity contribution in [2.45, 2.75) is 13.1 Å². The third kappa shape index (κ3) is 3.72. The van der Waals surface area contributed by atoms with Crippen LogP contribution in [0, 0.1) is 0 Å². The van der Waals surface area contributed by atoms with Crippen LogP contribution in [0.25, 0.3) is 0 Å². The molecule has 0 fully saturated rings. The molecule has 0 spiro atoms. The van der Waals surface area contributed by atoms with Crippen LogP contribution in [0.3, 0.4) is 0 Å². The van der Waals surface area contributed by atoms with Crippen molar-refractivity contribution in [3.8, 4) is 5.75 Å². The Balaban J connectivity index is 1.93. The molecule has 2 rings (SSSR count). The van der Waals surface area contributed by atoms with E-state index in [4.69, 9.17) is 9.47 Å². The van der Waals surface area contributed by atoms with Gasteiger partial charge in [-0.3, -0.25) is 4.68 Å². The number of hydrogen-bond donors (Lipinski definition) is 1. The lowest BCUT2D eigenvalue weighted by atomic mass is 10.2. The van der Waals surface area contributed by atoms with E-state index in [1.54, 1.807) is 14.2 Å². The number of benzene rings is 1. The Morgan fingerprint density at radius 2 is 2.11 bits per heavy atom. The first kappa shape index (κ1) is 13.4. The fraction of sp³-hybridized carbons (Fsp3) is 0.357. The molecule has 1 heterocycles. The van der Waals surface area contributed by atoms with Crippen molar-refractivity contribution in [1.82, 2.24) is 9.78 Å². The molecule has 2 aromatic rings.